The smallest absolute Gasteiger partial charge is 0.164 e. The Balaban J connectivity index is 0.916. The Bertz CT molecular complexity index is 3010. The third-order valence-corrected chi connectivity index (χ3v) is 11.2. The molecule has 2 aromatic heterocycles. The molecule has 0 fully saturated rings. The molecule has 10 aromatic rings. The molecular weight excluding hydrogens is 717 g/mol. The fourth-order valence-electron chi connectivity index (χ4n) is 8.52. The lowest BCUT2D eigenvalue weighted by molar-refractivity contribution is 1.07. The van der Waals surface area contributed by atoms with Crippen LogP contribution >= 0.6 is 0 Å². The Labute approximate surface area is 345 Å². The minimum Gasteiger partial charge on any atom is -0.309 e. The molecule has 0 N–H and O–H groups in total. The predicted molar refractivity (Wildman–Crippen MR) is 246 cm³/mol. The molecule has 0 bridgehead atoms. The van der Waals surface area contributed by atoms with Gasteiger partial charge in [0, 0.05) is 33.2 Å². The number of rotatable bonds is 7. The quantitative estimate of drug-likeness (QED) is 0.163. The zero-order valence-electron chi connectivity index (χ0n) is 33.6. The first kappa shape index (κ1) is 35.9. The highest BCUT2D eigenvalue weighted by Crippen LogP contribution is 2.34. The molecule has 0 aliphatic rings. The Morgan fingerprint density at radius 2 is 0.644 bits per heavy atom. The van der Waals surface area contributed by atoms with E-state index in [1.807, 2.05) is 0 Å². The highest BCUT2D eigenvalue weighted by atomic mass is 15.0. The van der Waals surface area contributed by atoms with E-state index >= 15 is 0 Å². The molecule has 0 aliphatic heterocycles. The molecule has 0 unspecified atom stereocenters. The molecule has 4 heteroatoms. The molecule has 0 aliphatic carbocycles. The molecule has 2 heterocycles. The standard InChI is InChI=1S/C55H42N4/c1-35-28-36(2)31-46(30-35)54-56-53(57-55(58-54)47-32-37(3)29-38(4)33-47)45-11-9-10-44(34-45)43-22-20-40(21-23-43)39-16-18-41(19-17-39)42-24-26-48(27-25-42)59-51-14-7-5-12-49(51)50-13-6-8-15-52(50)59/h5-34H,1-4H3. The molecule has 8 aromatic carbocycles. The maximum Gasteiger partial charge on any atom is 0.164 e. The third kappa shape index (κ3) is 7.00. The van der Waals surface area contributed by atoms with Gasteiger partial charge >= 0.3 is 0 Å². The maximum absolute atomic E-state index is 5.06. The second-order valence-corrected chi connectivity index (χ2v) is 15.7. The van der Waals surface area contributed by atoms with Crippen molar-refractivity contribution in [3.8, 4) is 73.2 Å². The zero-order valence-corrected chi connectivity index (χ0v) is 33.6. The van der Waals surface area contributed by atoms with Gasteiger partial charge in [-0.3, -0.25) is 0 Å². The van der Waals surface area contributed by atoms with Crippen molar-refractivity contribution < 1.29 is 0 Å². The van der Waals surface area contributed by atoms with Crippen LogP contribution in [-0.2, 0) is 0 Å². The third-order valence-electron chi connectivity index (χ3n) is 11.2. The van der Waals surface area contributed by atoms with Crippen LogP contribution in [-0.4, -0.2) is 19.5 Å². The number of benzene rings is 8. The van der Waals surface area contributed by atoms with Gasteiger partial charge in [0.1, 0.15) is 0 Å². The summed E-state index contributed by atoms with van der Waals surface area (Å²) in [4.78, 5) is 15.1. The van der Waals surface area contributed by atoms with Gasteiger partial charge in [-0.2, -0.15) is 0 Å². The van der Waals surface area contributed by atoms with Crippen molar-refractivity contribution in [3.63, 3.8) is 0 Å². The summed E-state index contributed by atoms with van der Waals surface area (Å²) in [6, 6.07) is 65.3. The topological polar surface area (TPSA) is 43.6 Å². The number of para-hydroxylation sites is 2. The van der Waals surface area contributed by atoms with Crippen LogP contribution in [0.4, 0.5) is 0 Å². The zero-order chi connectivity index (χ0) is 40.0. The highest BCUT2D eigenvalue weighted by Gasteiger charge is 2.15. The number of fused-ring (bicyclic) bond motifs is 3. The Morgan fingerprint density at radius 3 is 1.08 bits per heavy atom. The summed E-state index contributed by atoms with van der Waals surface area (Å²) in [6.45, 7) is 8.45. The predicted octanol–water partition coefficient (Wildman–Crippen LogP) is 14.2. The molecule has 0 amide bonds. The summed E-state index contributed by atoms with van der Waals surface area (Å²) >= 11 is 0. The van der Waals surface area contributed by atoms with E-state index in [4.69, 9.17) is 15.0 Å². The van der Waals surface area contributed by atoms with Crippen LogP contribution in [0.25, 0.3) is 95.0 Å². The van der Waals surface area contributed by atoms with E-state index < -0.39 is 0 Å². The average Bonchev–Trinajstić information content (AvgIpc) is 3.60. The molecule has 10 rings (SSSR count). The van der Waals surface area contributed by atoms with Crippen LogP contribution in [0.15, 0.2) is 182 Å². The molecule has 0 spiro atoms. The first-order valence-corrected chi connectivity index (χ1v) is 20.2. The van der Waals surface area contributed by atoms with Crippen LogP contribution in [0.3, 0.4) is 0 Å². The van der Waals surface area contributed by atoms with E-state index in [1.165, 1.54) is 66.3 Å². The van der Waals surface area contributed by atoms with E-state index in [2.05, 4.69) is 214 Å². The van der Waals surface area contributed by atoms with Crippen molar-refractivity contribution in [2.24, 2.45) is 0 Å². The van der Waals surface area contributed by atoms with Crippen LogP contribution in [0.2, 0.25) is 0 Å². The van der Waals surface area contributed by atoms with E-state index in [0.29, 0.717) is 17.5 Å². The fourth-order valence-corrected chi connectivity index (χ4v) is 8.52. The first-order chi connectivity index (χ1) is 28.8. The summed E-state index contributed by atoms with van der Waals surface area (Å²) in [6.07, 6.45) is 0. The van der Waals surface area contributed by atoms with Crippen LogP contribution in [0.1, 0.15) is 22.3 Å². The van der Waals surface area contributed by atoms with Crippen LogP contribution < -0.4 is 0 Å². The van der Waals surface area contributed by atoms with Gasteiger partial charge in [0.15, 0.2) is 17.5 Å². The number of aromatic nitrogens is 4. The minimum absolute atomic E-state index is 0.656. The van der Waals surface area contributed by atoms with Crippen molar-refractivity contribution in [3.05, 3.63) is 204 Å². The summed E-state index contributed by atoms with van der Waals surface area (Å²) in [7, 11) is 0. The summed E-state index contributed by atoms with van der Waals surface area (Å²) < 4.78 is 2.36. The molecule has 0 radical (unpaired) electrons. The fraction of sp³-hybridized carbons (Fsp3) is 0.0727. The Hall–Kier alpha value is -7.43. The summed E-state index contributed by atoms with van der Waals surface area (Å²) in [5.74, 6) is 2.00. The second-order valence-electron chi connectivity index (χ2n) is 15.7. The maximum atomic E-state index is 5.06. The molecule has 59 heavy (non-hydrogen) atoms. The molecule has 0 saturated carbocycles. The SMILES string of the molecule is Cc1cc(C)cc(-c2nc(-c3cc(C)cc(C)c3)nc(-c3cccc(-c4ccc(-c5ccc(-c6ccc(-n7c8ccccc8c8ccccc87)cc6)cc5)cc4)c3)n2)c1. The Morgan fingerprint density at radius 1 is 0.288 bits per heavy atom. The van der Waals surface area contributed by atoms with E-state index in [9.17, 15) is 0 Å². The molecule has 4 nitrogen and oxygen atoms in total. The van der Waals surface area contributed by atoms with Gasteiger partial charge in [-0.05, 0) is 116 Å². The lowest BCUT2D eigenvalue weighted by Crippen LogP contribution is -2.01. The lowest BCUT2D eigenvalue weighted by Gasteiger charge is -2.12. The van der Waals surface area contributed by atoms with Gasteiger partial charge in [0.05, 0.1) is 11.0 Å². The van der Waals surface area contributed by atoms with Gasteiger partial charge in [0.25, 0.3) is 0 Å². The van der Waals surface area contributed by atoms with Crippen LogP contribution in [0.5, 0.6) is 0 Å². The van der Waals surface area contributed by atoms with Crippen molar-refractivity contribution in [1.29, 1.82) is 0 Å². The molecule has 282 valence electrons. The van der Waals surface area contributed by atoms with E-state index in [1.54, 1.807) is 0 Å². The number of hydrogen-bond donors (Lipinski definition) is 0. The highest BCUT2D eigenvalue weighted by molar-refractivity contribution is 6.09. The normalized spacial score (nSPS) is 11.4. The van der Waals surface area contributed by atoms with Crippen molar-refractivity contribution in [2.45, 2.75) is 27.7 Å². The van der Waals surface area contributed by atoms with Crippen LogP contribution in [0, 0.1) is 27.7 Å². The van der Waals surface area contributed by atoms with Gasteiger partial charge in [-0.15, -0.1) is 0 Å². The second kappa shape index (κ2) is 14.8. The minimum atomic E-state index is 0.656. The van der Waals surface area contributed by atoms with Gasteiger partial charge < -0.3 is 4.57 Å². The average molecular weight is 759 g/mol. The first-order valence-electron chi connectivity index (χ1n) is 20.2. The van der Waals surface area contributed by atoms with Crippen molar-refractivity contribution >= 4 is 21.8 Å². The van der Waals surface area contributed by atoms with Gasteiger partial charge in [-0.1, -0.05) is 150 Å². The monoisotopic (exact) mass is 758 g/mol. The van der Waals surface area contributed by atoms with Crippen molar-refractivity contribution in [2.75, 3.05) is 0 Å². The number of nitrogens with zero attached hydrogens (tertiary/aromatic N) is 4. The van der Waals surface area contributed by atoms with Gasteiger partial charge in [-0.25, -0.2) is 15.0 Å². The lowest BCUT2D eigenvalue weighted by atomic mass is 9.97. The van der Waals surface area contributed by atoms with Crippen molar-refractivity contribution in [1.82, 2.24) is 19.5 Å². The summed E-state index contributed by atoms with van der Waals surface area (Å²) in [5.41, 5.74) is 18.2. The molecule has 0 atom stereocenters. The number of hydrogen-bond acceptors (Lipinski definition) is 3. The summed E-state index contributed by atoms with van der Waals surface area (Å²) in [5, 5.41) is 2.55. The van der Waals surface area contributed by atoms with E-state index in [-0.39, 0.29) is 0 Å². The Kier molecular flexibility index (Phi) is 9.03. The number of aryl methyl sites for hydroxylation is 4. The molecule has 0 saturated heterocycles. The largest absolute Gasteiger partial charge is 0.309 e. The van der Waals surface area contributed by atoms with Gasteiger partial charge in [0.2, 0.25) is 0 Å². The molecular formula is C55H42N4. The van der Waals surface area contributed by atoms with E-state index in [0.717, 1.165) is 33.5 Å².